The Morgan fingerprint density at radius 2 is 1.68 bits per heavy atom. The molecule has 0 aliphatic carbocycles. The van der Waals surface area contributed by atoms with Gasteiger partial charge in [-0.2, -0.15) is 0 Å². The van der Waals surface area contributed by atoms with Crippen LogP contribution in [0.25, 0.3) is 6.08 Å². The Kier molecular flexibility index (Phi) is 10.1. The summed E-state index contributed by atoms with van der Waals surface area (Å²) < 4.78 is 21.8. The van der Waals surface area contributed by atoms with Gasteiger partial charge in [-0.1, -0.05) is 18.2 Å². The van der Waals surface area contributed by atoms with Crippen molar-refractivity contribution in [1.82, 2.24) is 0 Å². The van der Waals surface area contributed by atoms with Gasteiger partial charge in [0.2, 0.25) is 0 Å². The molecule has 0 amide bonds. The molecule has 0 aromatic heterocycles. The summed E-state index contributed by atoms with van der Waals surface area (Å²) in [5, 5.41) is 70.1. The number of aliphatic hydroxyl groups excluding tert-OH is 5. The van der Waals surface area contributed by atoms with Crippen LogP contribution in [0.5, 0.6) is 23.0 Å². The van der Waals surface area contributed by atoms with Crippen LogP contribution >= 0.6 is 0 Å². The zero-order valence-corrected chi connectivity index (χ0v) is 20.6. The Labute approximate surface area is 214 Å². The lowest BCUT2D eigenvalue weighted by molar-refractivity contribution is -0.301. The summed E-state index contributed by atoms with van der Waals surface area (Å²) in [6.45, 7) is -0.913. The maximum absolute atomic E-state index is 11.0. The molecule has 6 atom stereocenters. The van der Waals surface area contributed by atoms with Crippen molar-refractivity contribution < 1.29 is 54.7 Å². The minimum absolute atomic E-state index is 0.0407. The van der Waals surface area contributed by atoms with Gasteiger partial charge < -0.3 is 54.7 Å². The first kappa shape index (κ1) is 28.7. The SMILES string of the molecule is COc1cc(C[C@H](CO[C@@H]2O[C@@H](CO)[C@H](O)[C@@H](O)[C@@H]2O)c2cc(/C=C/CO)cc(OC)c2O)ccc1O. The second-order valence-electron chi connectivity index (χ2n) is 8.68. The molecule has 0 unspecified atom stereocenters. The molecule has 2 aromatic carbocycles. The smallest absolute Gasteiger partial charge is 0.186 e. The van der Waals surface area contributed by atoms with E-state index in [9.17, 15) is 35.7 Å². The van der Waals surface area contributed by atoms with Crippen LogP contribution in [-0.4, -0.2) is 100 Å². The zero-order chi connectivity index (χ0) is 27.1. The Hall–Kier alpha value is -2.90. The van der Waals surface area contributed by atoms with Crippen LogP contribution in [0, 0.1) is 0 Å². The van der Waals surface area contributed by atoms with Gasteiger partial charge in [-0.25, -0.2) is 0 Å². The summed E-state index contributed by atoms with van der Waals surface area (Å²) in [4.78, 5) is 0. The standard InChI is InChI=1S/C26H34O11/c1-34-19-10-15(5-6-18(19)29)8-16(13-36-26-25(33)24(32)23(31)21(12-28)37-26)17-9-14(4-3-7-27)11-20(35-2)22(17)30/h3-6,9-11,16,21,23-33H,7-8,12-13H2,1-2H3/b4-3+/t16-,21+,23+,24-,25+,26-/m1/s1. The summed E-state index contributed by atoms with van der Waals surface area (Å²) >= 11 is 0. The normalized spacial score (nSPS) is 24.8. The lowest BCUT2D eigenvalue weighted by Crippen LogP contribution is -2.59. The molecule has 2 aromatic rings. The van der Waals surface area contributed by atoms with Crippen molar-refractivity contribution in [2.45, 2.75) is 43.0 Å². The number of methoxy groups -OCH3 is 2. The number of benzene rings is 2. The number of rotatable bonds is 11. The average Bonchev–Trinajstić information content (AvgIpc) is 2.90. The highest BCUT2D eigenvalue weighted by atomic mass is 16.7. The van der Waals surface area contributed by atoms with Gasteiger partial charge in [0.05, 0.1) is 34.0 Å². The lowest BCUT2D eigenvalue weighted by atomic mass is 9.90. The number of hydrogen-bond acceptors (Lipinski definition) is 11. The second-order valence-corrected chi connectivity index (χ2v) is 8.68. The molecular weight excluding hydrogens is 488 g/mol. The molecule has 3 rings (SSSR count). The van der Waals surface area contributed by atoms with Crippen LogP contribution in [-0.2, 0) is 15.9 Å². The Morgan fingerprint density at radius 3 is 2.32 bits per heavy atom. The van der Waals surface area contributed by atoms with Gasteiger partial charge in [0, 0.05) is 11.5 Å². The maximum Gasteiger partial charge on any atom is 0.186 e. The first-order valence-electron chi connectivity index (χ1n) is 11.7. The van der Waals surface area contributed by atoms with Gasteiger partial charge in [-0.3, -0.25) is 0 Å². The number of aromatic hydroxyl groups is 2. The van der Waals surface area contributed by atoms with Gasteiger partial charge in [0.15, 0.2) is 29.3 Å². The molecule has 0 spiro atoms. The Morgan fingerprint density at radius 1 is 0.946 bits per heavy atom. The van der Waals surface area contributed by atoms with Gasteiger partial charge >= 0.3 is 0 Å². The van der Waals surface area contributed by atoms with E-state index in [-0.39, 0.29) is 42.6 Å². The third kappa shape index (κ3) is 6.70. The van der Waals surface area contributed by atoms with Crippen LogP contribution in [0.3, 0.4) is 0 Å². The molecule has 11 nitrogen and oxygen atoms in total. The number of aliphatic hydroxyl groups is 5. The van der Waals surface area contributed by atoms with Crippen molar-refractivity contribution in [3.8, 4) is 23.0 Å². The van der Waals surface area contributed by atoms with E-state index in [1.165, 1.54) is 26.4 Å². The van der Waals surface area contributed by atoms with Crippen molar-refractivity contribution in [2.75, 3.05) is 34.0 Å². The average molecular weight is 523 g/mol. The highest BCUT2D eigenvalue weighted by Crippen LogP contribution is 2.39. The van der Waals surface area contributed by atoms with E-state index in [4.69, 9.17) is 18.9 Å². The van der Waals surface area contributed by atoms with E-state index >= 15 is 0 Å². The third-order valence-corrected chi connectivity index (χ3v) is 6.24. The van der Waals surface area contributed by atoms with Crippen molar-refractivity contribution in [1.29, 1.82) is 0 Å². The molecule has 0 radical (unpaired) electrons. The van der Waals surface area contributed by atoms with Crippen LogP contribution in [0.2, 0.25) is 0 Å². The number of phenolic OH excluding ortho intramolecular Hbond substituents is 2. The quantitative estimate of drug-likeness (QED) is 0.215. The molecule has 1 aliphatic rings. The third-order valence-electron chi connectivity index (χ3n) is 6.24. The Balaban J connectivity index is 1.97. The molecule has 204 valence electrons. The largest absolute Gasteiger partial charge is 0.504 e. The minimum atomic E-state index is -1.60. The first-order chi connectivity index (χ1) is 17.7. The van der Waals surface area contributed by atoms with Crippen molar-refractivity contribution in [3.63, 3.8) is 0 Å². The highest BCUT2D eigenvalue weighted by molar-refractivity contribution is 5.60. The monoisotopic (exact) mass is 522 g/mol. The molecule has 0 bridgehead atoms. The minimum Gasteiger partial charge on any atom is -0.504 e. The van der Waals surface area contributed by atoms with E-state index in [0.29, 0.717) is 11.1 Å². The molecular formula is C26H34O11. The predicted molar refractivity (Wildman–Crippen MR) is 132 cm³/mol. The maximum atomic E-state index is 11.0. The van der Waals surface area contributed by atoms with E-state index in [1.54, 1.807) is 30.3 Å². The fraction of sp³-hybridized carbons (Fsp3) is 0.462. The van der Waals surface area contributed by atoms with Gasteiger partial charge in [0.1, 0.15) is 24.4 Å². The van der Waals surface area contributed by atoms with Gasteiger partial charge in [0.25, 0.3) is 0 Å². The lowest BCUT2D eigenvalue weighted by Gasteiger charge is -2.40. The molecule has 0 saturated carbocycles. The second kappa shape index (κ2) is 13.1. The molecule has 11 heteroatoms. The van der Waals surface area contributed by atoms with E-state index in [2.05, 4.69) is 0 Å². The van der Waals surface area contributed by atoms with Crippen LogP contribution in [0.15, 0.2) is 36.4 Å². The fourth-order valence-electron chi connectivity index (χ4n) is 4.21. The van der Waals surface area contributed by atoms with Crippen molar-refractivity contribution in [2.24, 2.45) is 0 Å². The predicted octanol–water partition coefficient (Wildman–Crippen LogP) is 0.263. The van der Waals surface area contributed by atoms with Gasteiger partial charge in [-0.15, -0.1) is 0 Å². The molecule has 1 heterocycles. The van der Waals surface area contributed by atoms with Crippen LogP contribution < -0.4 is 9.47 Å². The summed E-state index contributed by atoms with van der Waals surface area (Å²) in [6.07, 6.45) is -3.76. The van der Waals surface area contributed by atoms with E-state index < -0.39 is 43.2 Å². The van der Waals surface area contributed by atoms with Crippen LogP contribution in [0.4, 0.5) is 0 Å². The molecule has 1 saturated heterocycles. The number of hydrogen-bond donors (Lipinski definition) is 7. The zero-order valence-electron chi connectivity index (χ0n) is 20.6. The Bertz CT molecular complexity index is 1060. The topological polar surface area (TPSA) is 179 Å². The van der Waals surface area contributed by atoms with Gasteiger partial charge in [-0.05, 0) is 41.8 Å². The van der Waals surface area contributed by atoms with Crippen LogP contribution in [0.1, 0.15) is 22.6 Å². The number of ether oxygens (including phenoxy) is 4. The molecule has 37 heavy (non-hydrogen) atoms. The molecule has 7 N–H and O–H groups in total. The van der Waals surface area contributed by atoms with E-state index in [0.717, 1.165) is 5.56 Å². The molecule has 1 aliphatic heterocycles. The number of phenols is 2. The summed E-state index contributed by atoms with van der Waals surface area (Å²) in [5.74, 6) is -0.306. The summed E-state index contributed by atoms with van der Waals surface area (Å²) in [5.41, 5.74) is 1.79. The van der Waals surface area contributed by atoms with Crippen molar-refractivity contribution >= 4 is 6.08 Å². The first-order valence-corrected chi connectivity index (χ1v) is 11.7. The summed E-state index contributed by atoms with van der Waals surface area (Å²) in [6, 6.07) is 8.10. The van der Waals surface area contributed by atoms with E-state index in [1.807, 2.05) is 0 Å². The summed E-state index contributed by atoms with van der Waals surface area (Å²) in [7, 11) is 2.83. The fourth-order valence-corrected chi connectivity index (χ4v) is 4.21. The van der Waals surface area contributed by atoms with Crippen molar-refractivity contribution in [3.05, 3.63) is 53.1 Å². The molecule has 1 fully saturated rings. The highest BCUT2D eigenvalue weighted by Gasteiger charge is 2.44.